The number of H-pyrrole nitrogens is 2. The van der Waals surface area contributed by atoms with Gasteiger partial charge < -0.3 is 19.1 Å². The Kier molecular flexibility index (Phi) is 6.71. The van der Waals surface area contributed by atoms with E-state index in [9.17, 15) is 0 Å². The van der Waals surface area contributed by atoms with Gasteiger partial charge in [0, 0.05) is 58.3 Å². The summed E-state index contributed by atoms with van der Waals surface area (Å²) in [6.45, 7) is 18.2. The molecule has 0 aromatic carbocycles. The lowest BCUT2D eigenvalue weighted by Crippen LogP contribution is -2.15. The Balaban J connectivity index is 2.03. The van der Waals surface area contributed by atoms with Gasteiger partial charge in [-0.2, -0.15) is 0 Å². The predicted octanol–water partition coefficient (Wildman–Crippen LogP) is 4.13. The van der Waals surface area contributed by atoms with Crippen molar-refractivity contribution in [3.05, 3.63) is 88.7 Å². The number of aromatic nitrogens is 4. The Bertz CT molecular complexity index is 1670. The average Bonchev–Trinajstić information content (AvgIpc) is 3.51. The van der Waals surface area contributed by atoms with Crippen molar-refractivity contribution in [3.63, 3.8) is 0 Å². The second-order valence-corrected chi connectivity index (χ2v) is 11.0. The summed E-state index contributed by atoms with van der Waals surface area (Å²) in [5, 5.41) is 4.87. The molecule has 0 atom stereocenters. The summed E-state index contributed by atoms with van der Waals surface area (Å²) in [5.74, 6) is 0. The normalized spacial score (nSPS) is 16.3. The Morgan fingerprint density at radius 2 is 0.763 bits per heavy atom. The maximum Gasteiger partial charge on any atom is 0.0464 e. The number of rotatable bonds is 4. The number of fused-ring (bicyclic) bond motifs is 8. The smallest absolute Gasteiger partial charge is 0.0464 e. The van der Waals surface area contributed by atoms with Crippen LogP contribution in [0.1, 0.15) is 95.0 Å². The highest BCUT2D eigenvalue weighted by atomic mass is 15.0. The van der Waals surface area contributed by atoms with Crippen LogP contribution < -0.4 is 21.4 Å². The van der Waals surface area contributed by atoms with E-state index < -0.39 is 0 Å². The molecule has 1 aliphatic heterocycles. The molecule has 4 heteroatoms. The molecule has 0 saturated heterocycles. The van der Waals surface area contributed by atoms with E-state index in [0.717, 1.165) is 25.7 Å². The second-order valence-electron chi connectivity index (χ2n) is 11.0. The molecule has 0 unspecified atom stereocenters. The third kappa shape index (κ3) is 3.80. The molecule has 4 nitrogen and oxygen atoms in total. The van der Waals surface area contributed by atoms with Gasteiger partial charge in [-0.25, -0.2) is 0 Å². The average molecular weight is 509 g/mol. The fourth-order valence-corrected chi connectivity index (χ4v) is 6.88. The minimum Gasteiger partial charge on any atom is -0.355 e. The molecule has 2 N–H and O–H groups in total. The van der Waals surface area contributed by atoms with Crippen molar-refractivity contribution in [2.45, 2.75) is 81.1 Å². The van der Waals surface area contributed by atoms with E-state index in [-0.39, 0.29) is 0 Å². The Morgan fingerprint density at radius 1 is 0.447 bits per heavy atom. The van der Waals surface area contributed by atoms with Crippen molar-refractivity contribution >= 4 is 24.3 Å². The van der Waals surface area contributed by atoms with Crippen molar-refractivity contribution in [2.75, 3.05) is 0 Å². The van der Waals surface area contributed by atoms with Gasteiger partial charge in [-0.05, 0) is 122 Å². The van der Waals surface area contributed by atoms with Crippen molar-refractivity contribution in [1.29, 1.82) is 0 Å². The van der Waals surface area contributed by atoms with Crippen LogP contribution in [0.25, 0.3) is 24.3 Å². The van der Waals surface area contributed by atoms with Gasteiger partial charge in [0.15, 0.2) is 0 Å². The monoisotopic (exact) mass is 508 g/mol. The lowest BCUT2D eigenvalue weighted by molar-refractivity contribution is 0.887. The summed E-state index contributed by atoms with van der Waals surface area (Å²) < 4.78 is 4.77. The van der Waals surface area contributed by atoms with Gasteiger partial charge in [0.1, 0.15) is 0 Å². The van der Waals surface area contributed by atoms with Gasteiger partial charge in [-0.15, -0.1) is 0 Å². The van der Waals surface area contributed by atoms with Crippen LogP contribution in [0.4, 0.5) is 0 Å². The fourth-order valence-electron chi connectivity index (χ4n) is 6.88. The SMILES string of the molecule is CCc1c(C)c2n(C)c1/C=c1\[nH]/c(c(CC)c1C)=C\c1c(C)c(CC)c(n1C)/C=c1\[nH]/c(c(CC)c1C)=C\2. The molecular weight excluding hydrogens is 464 g/mol. The maximum absolute atomic E-state index is 3.83. The molecule has 0 fully saturated rings. The van der Waals surface area contributed by atoms with Crippen molar-refractivity contribution in [1.82, 2.24) is 19.1 Å². The highest BCUT2D eigenvalue weighted by molar-refractivity contribution is 5.66. The number of nitrogens with one attached hydrogen (secondary N) is 2. The summed E-state index contributed by atoms with van der Waals surface area (Å²) in [5.41, 5.74) is 16.2. The highest BCUT2D eigenvalue weighted by Crippen LogP contribution is 2.25. The zero-order valence-corrected chi connectivity index (χ0v) is 25.0. The quantitative estimate of drug-likeness (QED) is 0.367. The van der Waals surface area contributed by atoms with E-state index >= 15 is 0 Å². The van der Waals surface area contributed by atoms with Crippen LogP contribution in [-0.4, -0.2) is 19.1 Å². The standard InChI is InChI=1S/C34H44N4/c1-11-23-19(5)27-15-33-26(14-4)22(8)32(38(33)10)18-30-24(12-2)20(6)28(36-30)16-34-25(13-3)21(7)31(37(34)9)17-29(23)35-27/h15-18,35-36H,11-14H2,1-10H3/b27-15-,28-16-,29-17-,30-18-,31-17?,32-18?,33-15?,34-16?. The molecule has 4 aromatic heterocycles. The Morgan fingerprint density at radius 3 is 1.08 bits per heavy atom. The molecular formula is C34H44N4. The first-order valence-electron chi connectivity index (χ1n) is 14.3. The first-order valence-corrected chi connectivity index (χ1v) is 14.3. The lowest BCUT2D eigenvalue weighted by Gasteiger charge is -2.03. The highest BCUT2D eigenvalue weighted by Gasteiger charge is 2.18. The minimum absolute atomic E-state index is 1.00. The van der Waals surface area contributed by atoms with Crippen molar-refractivity contribution in [2.24, 2.45) is 14.1 Å². The van der Waals surface area contributed by atoms with Crippen LogP contribution in [-0.2, 0) is 39.8 Å². The minimum atomic E-state index is 1.00. The molecule has 0 spiro atoms. The molecule has 4 aromatic rings. The Hall–Kier alpha value is -3.40. The first kappa shape index (κ1) is 26.2. The van der Waals surface area contributed by atoms with Crippen molar-refractivity contribution < 1.29 is 0 Å². The molecule has 5 rings (SSSR count). The molecule has 200 valence electrons. The molecule has 5 heterocycles. The molecule has 0 aliphatic carbocycles. The number of hydrogen-bond donors (Lipinski definition) is 2. The van der Waals surface area contributed by atoms with Crippen LogP contribution in [0.5, 0.6) is 0 Å². The number of aromatic amines is 2. The zero-order chi connectivity index (χ0) is 27.5. The second kappa shape index (κ2) is 9.72. The first-order chi connectivity index (χ1) is 18.2. The third-order valence-electron chi connectivity index (χ3n) is 9.18. The van der Waals surface area contributed by atoms with Gasteiger partial charge in [0.2, 0.25) is 0 Å². The van der Waals surface area contributed by atoms with Crippen LogP contribution in [0.3, 0.4) is 0 Å². The molecule has 8 bridgehead atoms. The number of nitrogens with zero attached hydrogens (tertiary/aromatic N) is 2. The van der Waals surface area contributed by atoms with Crippen LogP contribution in [0.15, 0.2) is 0 Å². The summed E-state index contributed by atoms with van der Waals surface area (Å²) in [7, 11) is 4.43. The van der Waals surface area contributed by atoms with E-state index in [0.29, 0.717) is 0 Å². The van der Waals surface area contributed by atoms with E-state index in [1.54, 1.807) is 0 Å². The Labute approximate surface area is 227 Å². The molecule has 0 radical (unpaired) electrons. The summed E-state index contributed by atoms with van der Waals surface area (Å²) >= 11 is 0. The molecule has 0 saturated carbocycles. The van der Waals surface area contributed by atoms with Crippen LogP contribution >= 0.6 is 0 Å². The maximum atomic E-state index is 3.83. The van der Waals surface area contributed by atoms with Gasteiger partial charge in [0.05, 0.1) is 0 Å². The van der Waals surface area contributed by atoms with E-state index in [2.05, 4.69) is 113 Å². The molecule has 38 heavy (non-hydrogen) atoms. The van der Waals surface area contributed by atoms with Crippen LogP contribution in [0, 0.1) is 27.7 Å². The van der Waals surface area contributed by atoms with E-state index in [1.807, 2.05) is 0 Å². The van der Waals surface area contributed by atoms with Crippen molar-refractivity contribution in [3.8, 4) is 0 Å². The van der Waals surface area contributed by atoms with Gasteiger partial charge in [0.25, 0.3) is 0 Å². The molecule has 0 amide bonds. The fraction of sp³-hybridized carbons (Fsp3) is 0.412. The summed E-state index contributed by atoms with van der Waals surface area (Å²) in [6.07, 6.45) is 13.5. The van der Waals surface area contributed by atoms with Gasteiger partial charge in [-0.1, -0.05) is 27.7 Å². The summed E-state index contributed by atoms with van der Waals surface area (Å²) in [4.78, 5) is 7.67. The van der Waals surface area contributed by atoms with Gasteiger partial charge >= 0.3 is 0 Å². The zero-order valence-electron chi connectivity index (χ0n) is 25.0. The number of hydrogen-bond acceptors (Lipinski definition) is 0. The topological polar surface area (TPSA) is 41.4 Å². The largest absolute Gasteiger partial charge is 0.355 e. The van der Waals surface area contributed by atoms with Crippen LogP contribution in [0.2, 0.25) is 0 Å². The lowest BCUT2D eigenvalue weighted by atomic mass is 10.0. The van der Waals surface area contributed by atoms with Gasteiger partial charge in [-0.3, -0.25) is 0 Å². The predicted molar refractivity (Wildman–Crippen MR) is 162 cm³/mol. The third-order valence-corrected chi connectivity index (χ3v) is 9.18. The molecule has 1 aliphatic rings. The van der Waals surface area contributed by atoms with E-state index in [1.165, 1.54) is 88.7 Å². The summed E-state index contributed by atoms with van der Waals surface area (Å²) in [6, 6.07) is 0. The van der Waals surface area contributed by atoms with E-state index in [4.69, 9.17) is 0 Å².